The van der Waals surface area contributed by atoms with Crippen LogP contribution in [0.3, 0.4) is 0 Å². The van der Waals surface area contributed by atoms with Gasteiger partial charge >= 0.3 is 0 Å². The molecule has 6 aromatic rings. The van der Waals surface area contributed by atoms with Gasteiger partial charge in [-0.25, -0.2) is 39.9 Å². The van der Waals surface area contributed by atoms with Gasteiger partial charge in [0.15, 0.2) is 46.7 Å². The van der Waals surface area contributed by atoms with E-state index in [-0.39, 0.29) is 23.9 Å². The Balaban J connectivity index is 0.00000396. The quantitative estimate of drug-likeness (QED) is 0.108. The van der Waals surface area contributed by atoms with Crippen molar-refractivity contribution in [3.8, 4) is 0 Å². The van der Waals surface area contributed by atoms with Crippen LogP contribution < -0.4 is 0 Å². The topological polar surface area (TPSA) is 98.9 Å². The maximum absolute atomic E-state index is 5.29. The molecule has 0 saturated heterocycles. The molecule has 5 aliphatic rings. The van der Waals surface area contributed by atoms with Gasteiger partial charge in [0.2, 0.25) is 0 Å². The van der Waals surface area contributed by atoms with Gasteiger partial charge in [0.05, 0.1) is 0 Å². The van der Waals surface area contributed by atoms with E-state index in [1.807, 2.05) is 0 Å². The summed E-state index contributed by atoms with van der Waals surface area (Å²) in [6.45, 7) is 17.1. The molecule has 8 bridgehead atoms. The predicted octanol–water partition coefficient (Wildman–Crippen LogP) is 9.22. The first-order chi connectivity index (χ1) is 27.0. The first-order valence-corrected chi connectivity index (χ1v) is 19.0. The Kier molecular flexibility index (Phi) is 7.77. The molecule has 8 nitrogen and oxygen atoms in total. The van der Waals surface area contributed by atoms with Crippen molar-refractivity contribution in [2.45, 2.75) is 55.4 Å². The van der Waals surface area contributed by atoms with Crippen LogP contribution in [0.15, 0.2) is 113 Å². The monoisotopic (exact) mass is 844 g/mol. The van der Waals surface area contributed by atoms with E-state index < -0.39 is 0 Å². The van der Waals surface area contributed by atoms with Gasteiger partial charge in [-0.1, -0.05) is 24.3 Å². The molecule has 0 unspecified atom stereocenters. The largest absolute Gasteiger partial charge is 0.208 e. The van der Waals surface area contributed by atoms with E-state index in [1.54, 1.807) is 0 Å². The summed E-state index contributed by atoms with van der Waals surface area (Å²) >= 11 is 0. The standard InChI is InChI=1S/C48H36N8.Sn/c1-21-13-33-34(14-22(21)2)42-49-41(33)50-43-35-15-23(3)25(5)17-37(35)45(52-43)54-47-39-19-31-27(7)29-11-9-10-12-30(29)28(8)32(31)20-40(39)48(56-47)55-46-38-18-26(6)24(4)16-36(38)44(51-42)53-46;/h9-20H,1-8H3;. The summed E-state index contributed by atoms with van der Waals surface area (Å²) < 4.78 is 0. The van der Waals surface area contributed by atoms with E-state index in [0.29, 0.717) is 46.7 Å². The number of rotatable bonds is 0. The van der Waals surface area contributed by atoms with E-state index in [1.165, 1.54) is 21.9 Å². The molecule has 0 N–H and O–H groups in total. The Morgan fingerprint density at radius 3 is 0.667 bits per heavy atom. The summed E-state index contributed by atoms with van der Waals surface area (Å²) in [6, 6.07) is 26.0. The summed E-state index contributed by atoms with van der Waals surface area (Å²) in [7, 11) is 0. The second-order valence-electron chi connectivity index (χ2n) is 15.7. The molecular formula is C48H36N8Sn. The summed E-state index contributed by atoms with van der Waals surface area (Å²) in [6.07, 6.45) is 0. The van der Waals surface area contributed by atoms with Crippen molar-refractivity contribution in [1.82, 2.24) is 0 Å². The Hall–Kier alpha value is -6.00. The molecule has 5 heterocycles. The fourth-order valence-corrected chi connectivity index (χ4v) is 8.54. The van der Waals surface area contributed by atoms with Crippen LogP contribution >= 0.6 is 0 Å². The zero-order chi connectivity index (χ0) is 38.3. The second kappa shape index (κ2) is 12.5. The SMILES string of the molecule is Cc1cc2c(cc1C)C1=NC3=NC(=NC4=NC(=NC5=NC(=NC2=N1)c1cc(C)c(C)cc15)c1cc2c(C)c5ccccc5c(C)c2cc14)c1cc(C)c(C)cc13.[Sn]. The molecule has 9 heteroatoms. The van der Waals surface area contributed by atoms with E-state index in [2.05, 4.69) is 128 Å². The number of amidine groups is 8. The first-order valence-electron chi connectivity index (χ1n) is 19.0. The molecule has 0 amide bonds. The summed E-state index contributed by atoms with van der Waals surface area (Å²) in [5.74, 6) is 4.48. The van der Waals surface area contributed by atoms with Gasteiger partial charge in [-0.2, -0.15) is 0 Å². The van der Waals surface area contributed by atoms with Crippen LogP contribution in [-0.2, 0) is 0 Å². The normalized spacial score (nSPS) is 15.7. The third-order valence-corrected chi connectivity index (χ3v) is 12.2. The smallest absolute Gasteiger partial charge is 0.164 e. The number of hydrogen-bond donors (Lipinski definition) is 0. The van der Waals surface area contributed by atoms with Crippen molar-refractivity contribution in [1.29, 1.82) is 0 Å². The Labute approximate surface area is 347 Å². The number of aliphatic imine (C=N–C) groups is 8. The van der Waals surface area contributed by atoms with Crippen LogP contribution in [0.25, 0.3) is 21.5 Å². The molecule has 4 radical (unpaired) electrons. The maximum atomic E-state index is 5.29. The Morgan fingerprint density at radius 2 is 0.456 bits per heavy atom. The third-order valence-electron chi connectivity index (χ3n) is 12.2. The van der Waals surface area contributed by atoms with Crippen molar-refractivity contribution < 1.29 is 0 Å². The molecule has 57 heavy (non-hydrogen) atoms. The molecule has 0 aromatic heterocycles. The molecule has 0 fully saturated rings. The van der Waals surface area contributed by atoms with Gasteiger partial charge in [0, 0.05) is 68.4 Å². The minimum Gasteiger partial charge on any atom is -0.208 e. The van der Waals surface area contributed by atoms with Crippen molar-refractivity contribution >= 4 is 92.1 Å². The first kappa shape index (κ1) is 35.4. The van der Waals surface area contributed by atoms with Crippen molar-refractivity contribution in [3.05, 3.63) is 162 Å². The van der Waals surface area contributed by atoms with Crippen LogP contribution in [0, 0.1) is 55.4 Å². The van der Waals surface area contributed by atoms with Crippen molar-refractivity contribution in [2.24, 2.45) is 39.9 Å². The van der Waals surface area contributed by atoms with Gasteiger partial charge in [0.25, 0.3) is 0 Å². The van der Waals surface area contributed by atoms with Crippen LogP contribution in [0.2, 0.25) is 0 Å². The van der Waals surface area contributed by atoms with Gasteiger partial charge in [-0.3, -0.25) is 0 Å². The van der Waals surface area contributed by atoms with Gasteiger partial charge in [-0.15, -0.1) is 0 Å². The average Bonchev–Trinajstić information content (AvgIpc) is 3.89. The molecule has 0 spiro atoms. The molecule has 0 saturated carbocycles. The van der Waals surface area contributed by atoms with Crippen molar-refractivity contribution in [3.63, 3.8) is 0 Å². The number of aryl methyl sites for hydroxylation is 8. The number of nitrogens with zero attached hydrogens (tertiary/aromatic N) is 8. The van der Waals surface area contributed by atoms with Crippen LogP contribution in [0.5, 0.6) is 0 Å². The second-order valence-corrected chi connectivity index (χ2v) is 15.7. The molecule has 0 aliphatic carbocycles. The zero-order valence-corrected chi connectivity index (χ0v) is 35.9. The van der Waals surface area contributed by atoms with E-state index in [0.717, 1.165) is 88.7 Å². The number of fused-ring (bicyclic) bond motifs is 18. The van der Waals surface area contributed by atoms with Gasteiger partial charge in [-0.05, 0) is 170 Å². The predicted molar refractivity (Wildman–Crippen MR) is 237 cm³/mol. The van der Waals surface area contributed by atoms with E-state index in [9.17, 15) is 0 Å². The zero-order valence-electron chi connectivity index (χ0n) is 33.0. The maximum Gasteiger partial charge on any atom is 0.164 e. The fraction of sp³-hybridized carbons (Fsp3) is 0.167. The van der Waals surface area contributed by atoms with E-state index >= 15 is 0 Å². The number of benzene rings is 6. The van der Waals surface area contributed by atoms with Crippen LogP contribution in [0.1, 0.15) is 89.0 Å². The van der Waals surface area contributed by atoms with Crippen LogP contribution in [0.4, 0.5) is 0 Å². The van der Waals surface area contributed by atoms with Crippen LogP contribution in [-0.4, -0.2) is 70.6 Å². The minimum atomic E-state index is 0. The molecule has 0 atom stereocenters. The molecular weight excluding hydrogens is 807 g/mol. The minimum absolute atomic E-state index is 0. The third kappa shape index (κ3) is 5.19. The Bertz CT molecular complexity index is 3200. The number of hydrogen-bond acceptors (Lipinski definition) is 8. The van der Waals surface area contributed by atoms with E-state index in [4.69, 9.17) is 39.9 Å². The van der Waals surface area contributed by atoms with Crippen molar-refractivity contribution in [2.75, 3.05) is 0 Å². The molecule has 11 rings (SSSR count). The molecule has 6 aromatic carbocycles. The summed E-state index contributed by atoms with van der Waals surface area (Å²) in [5, 5.41) is 4.80. The average molecular weight is 844 g/mol. The Morgan fingerprint density at radius 1 is 0.263 bits per heavy atom. The summed E-state index contributed by atoms with van der Waals surface area (Å²) in [5.41, 5.74) is 16.7. The fourth-order valence-electron chi connectivity index (χ4n) is 8.54. The van der Waals surface area contributed by atoms with Gasteiger partial charge in [0.1, 0.15) is 0 Å². The summed E-state index contributed by atoms with van der Waals surface area (Å²) in [4.78, 5) is 41.6. The molecule has 272 valence electrons. The molecule has 5 aliphatic heterocycles. The van der Waals surface area contributed by atoms with Gasteiger partial charge < -0.3 is 0 Å².